The molecule has 6 heteroatoms. The summed E-state index contributed by atoms with van der Waals surface area (Å²) in [4.78, 5) is 4.33. The number of benzene rings is 2. The van der Waals surface area contributed by atoms with Gasteiger partial charge in [0.15, 0.2) is 11.5 Å². The Morgan fingerprint density at radius 2 is 1.88 bits per heavy atom. The monoisotopic (exact) mass is 347 g/mol. The zero-order valence-corrected chi connectivity index (χ0v) is 14.7. The van der Waals surface area contributed by atoms with Gasteiger partial charge in [-0.1, -0.05) is 47.1 Å². The predicted molar refractivity (Wildman–Crippen MR) is 97.5 cm³/mol. The first-order valence-electron chi connectivity index (χ1n) is 7.90. The Kier molecular flexibility index (Phi) is 4.99. The summed E-state index contributed by atoms with van der Waals surface area (Å²) in [6, 6.07) is 15.3. The summed E-state index contributed by atoms with van der Waals surface area (Å²) in [7, 11) is 3.10. The summed E-state index contributed by atoms with van der Waals surface area (Å²) < 4.78 is 16.0. The molecule has 0 radical (unpaired) electrons. The van der Waals surface area contributed by atoms with E-state index in [0.29, 0.717) is 22.9 Å². The molecule has 6 nitrogen and oxygen atoms in total. The van der Waals surface area contributed by atoms with E-state index in [2.05, 4.69) is 16.2 Å². The molecule has 0 aliphatic heterocycles. The van der Waals surface area contributed by atoms with Crippen LogP contribution in [0.15, 0.2) is 47.0 Å². The Hall–Kier alpha value is -3.59. The maximum absolute atomic E-state index is 9.53. The van der Waals surface area contributed by atoms with Gasteiger partial charge < -0.3 is 14.0 Å². The van der Waals surface area contributed by atoms with Crippen LogP contribution in [-0.2, 0) is 0 Å². The Morgan fingerprint density at radius 1 is 1.12 bits per heavy atom. The van der Waals surface area contributed by atoms with E-state index in [1.807, 2.05) is 43.3 Å². The number of rotatable bonds is 5. The third-order valence-corrected chi connectivity index (χ3v) is 3.82. The fourth-order valence-electron chi connectivity index (χ4n) is 2.48. The molecular formula is C20H17N3O3. The summed E-state index contributed by atoms with van der Waals surface area (Å²) in [6.45, 7) is 2.00. The number of hydrogen-bond acceptors (Lipinski definition) is 6. The van der Waals surface area contributed by atoms with E-state index in [4.69, 9.17) is 14.0 Å². The quantitative estimate of drug-likeness (QED) is 0.646. The highest BCUT2D eigenvalue weighted by atomic mass is 16.5. The average Bonchev–Trinajstić information content (AvgIpc) is 3.16. The summed E-state index contributed by atoms with van der Waals surface area (Å²) in [5.74, 6) is 1.68. The van der Waals surface area contributed by atoms with E-state index < -0.39 is 0 Å². The molecule has 1 heterocycles. The zero-order chi connectivity index (χ0) is 18.5. The first-order chi connectivity index (χ1) is 12.7. The van der Waals surface area contributed by atoms with Gasteiger partial charge in [-0.05, 0) is 19.1 Å². The Morgan fingerprint density at radius 3 is 2.54 bits per heavy atom. The van der Waals surface area contributed by atoms with Crippen molar-refractivity contribution in [2.45, 2.75) is 6.92 Å². The van der Waals surface area contributed by atoms with Gasteiger partial charge in [0, 0.05) is 11.1 Å². The Balaban J connectivity index is 1.99. The molecule has 0 fully saturated rings. The first kappa shape index (κ1) is 17.2. The molecule has 0 bridgehead atoms. The van der Waals surface area contributed by atoms with Gasteiger partial charge in [-0.2, -0.15) is 10.2 Å². The number of nitriles is 1. The number of methoxy groups -OCH3 is 2. The van der Waals surface area contributed by atoms with E-state index in [1.165, 1.54) is 0 Å². The topological polar surface area (TPSA) is 81.2 Å². The molecule has 1 aromatic heterocycles. The SMILES string of the molecule is COc1cccc(C=C(C#N)c2nc(-c3ccc(C)cc3)no2)c1OC. The van der Waals surface area contributed by atoms with Gasteiger partial charge in [-0.3, -0.25) is 0 Å². The maximum Gasteiger partial charge on any atom is 0.268 e. The van der Waals surface area contributed by atoms with Crippen LogP contribution in [0.2, 0.25) is 0 Å². The van der Waals surface area contributed by atoms with Gasteiger partial charge in [0.2, 0.25) is 5.82 Å². The van der Waals surface area contributed by atoms with E-state index >= 15 is 0 Å². The maximum atomic E-state index is 9.53. The van der Waals surface area contributed by atoms with Crippen molar-refractivity contribution in [3.8, 4) is 29.0 Å². The van der Waals surface area contributed by atoms with Crippen molar-refractivity contribution in [2.24, 2.45) is 0 Å². The molecule has 0 saturated heterocycles. The highest BCUT2D eigenvalue weighted by Gasteiger charge is 2.15. The van der Waals surface area contributed by atoms with Gasteiger partial charge in [-0.25, -0.2) is 0 Å². The van der Waals surface area contributed by atoms with E-state index in [1.54, 1.807) is 26.4 Å². The molecule has 0 N–H and O–H groups in total. The molecule has 0 saturated carbocycles. The van der Waals surface area contributed by atoms with Gasteiger partial charge in [-0.15, -0.1) is 0 Å². The van der Waals surface area contributed by atoms with Crippen LogP contribution in [0.4, 0.5) is 0 Å². The van der Waals surface area contributed by atoms with Crippen LogP contribution >= 0.6 is 0 Å². The largest absolute Gasteiger partial charge is 0.493 e. The molecule has 2 aromatic carbocycles. The van der Waals surface area contributed by atoms with Crippen molar-refractivity contribution in [1.29, 1.82) is 5.26 Å². The Labute approximate surface area is 151 Å². The van der Waals surface area contributed by atoms with Crippen LogP contribution in [0, 0.1) is 18.3 Å². The smallest absolute Gasteiger partial charge is 0.268 e. The first-order valence-corrected chi connectivity index (χ1v) is 7.90. The normalized spacial score (nSPS) is 11.1. The number of ether oxygens (including phenoxy) is 2. The van der Waals surface area contributed by atoms with E-state index in [9.17, 15) is 5.26 Å². The number of nitrogens with zero attached hydrogens (tertiary/aromatic N) is 3. The number of aryl methyl sites for hydroxylation is 1. The second-order valence-corrected chi connectivity index (χ2v) is 5.54. The lowest BCUT2D eigenvalue weighted by atomic mass is 10.1. The second kappa shape index (κ2) is 7.53. The Bertz CT molecular complexity index is 982. The fraction of sp³-hybridized carbons (Fsp3) is 0.150. The molecule has 0 amide bonds. The number of hydrogen-bond donors (Lipinski definition) is 0. The third kappa shape index (κ3) is 3.42. The molecule has 0 atom stereocenters. The molecule has 0 aliphatic rings. The lowest BCUT2D eigenvalue weighted by Crippen LogP contribution is -1.93. The summed E-state index contributed by atoms with van der Waals surface area (Å²) in [5, 5.41) is 13.5. The van der Waals surface area contributed by atoms with Crippen LogP contribution in [-0.4, -0.2) is 24.4 Å². The van der Waals surface area contributed by atoms with Crippen LogP contribution in [0.25, 0.3) is 23.0 Å². The summed E-state index contributed by atoms with van der Waals surface area (Å²) >= 11 is 0. The fourth-order valence-corrected chi connectivity index (χ4v) is 2.48. The van der Waals surface area contributed by atoms with E-state index in [-0.39, 0.29) is 11.5 Å². The molecule has 3 rings (SSSR count). The van der Waals surface area contributed by atoms with Crippen molar-refractivity contribution in [3.05, 3.63) is 59.5 Å². The molecule has 0 spiro atoms. The minimum Gasteiger partial charge on any atom is -0.493 e. The van der Waals surface area contributed by atoms with Crippen LogP contribution in [0.1, 0.15) is 17.0 Å². The van der Waals surface area contributed by atoms with Crippen molar-refractivity contribution >= 4 is 11.6 Å². The van der Waals surface area contributed by atoms with Crippen molar-refractivity contribution < 1.29 is 14.0 Å². The van der Waals surface area contributed by atoms with Crippen molar-refractivity contribution in [1.82, 2.24) is 10.1 Å². The molecule has 0 unspecified atom stereocenters. The van der Waals surface area contributed by atoms with Gasteiger partial charge >= 0.3 is 0 Å². The highest BCUT2D eigenvalue weighted by molar-refractivity contribution is 5.88. The summed E-state index contributed by atoms with van der Waals surface area (Å²) in [5.41, 5.74) is 2.88. The molecule has 26 heavy (non-hydrogen) atoms. The lowest BCUT2D eigenvalue weighted by molar-refractivity contribution is 0.354. The summed E-state index contributed by atoms with van der Waals surface area (Å²) in [6.07, 6.45) is 1.63. The standard InChI is InChI=1S/C20H17N3O3/c1-13-7-9-14(10-8-13)19-22-20(26-23-19)16(12-21)11-15-5-4-6-17(24-2)18(15)25-3/h4-11H,1-3H3. The van der Waals surface area contributed by atoms with Crippen molar-refractivity contribution in [2.75, 3.05) is 14.2 Å². The van der Waals surface area contributed by atoms with Crippen LogP contribution < -0.4 is 9.47 Å². The van der Waals surface area contributed by atoms with Crippen LogP contribution in [0.5, 0.6) is 11.5 Å². The third-order valence-electron chi connectivity index (χ3n) is 3.82. The minimum atomic E-state index is 0.146. The number of aromatic nitrogens is 2. The predicted octanol–water partition coefficient (Wildman–Crippen LogP) is 4.13. The molecule has 130 valence electrons. The number of allylic oxidation sites excluding steroid dienone is 1. The van der Waals surface area contributed by atoms with Crippen molar-refractivity contribution in [3.63, 3.8) is 0 Å². The molecule has 0 aliphatic carbocycles. The molecular weight excluding hydrogens is 330 g/mol. The van der Waals surface area contributed by atoms with Gasteiger partial charge in [0.05, 0.1) is 14.2 Å². The highest BCUT2D eigenvalue weighted by Crippen LogP contribution is 2.33. The van der Waals surface area contributed by atoms with E-state index in [0.717, 1.165) is 11.1 Å². The number of para-hydroxylation sites is 1. The lowest BCUT2D eigenvalue weighted by Gasteiger charge is -2.09. The van der Waals surface area contributed by atoms with Gasteiger partial charge in [0.25, 0.3) is 5.89 Å². The average molecular weight is 347 g/mol. The van der Waals surface area contributed by atoms with Crippen LogP contribution in [0.3, 0.4) is 0 Å². The zero-order valence-electron chi connectivity index (χ0n) is 14.7. The minimum absolute atomic E-state index is 0.146. The van der Waals surface area contributed by atoms with Gasteiger partial charge in [0.1, 0.15) is 11.6 Å². The second-order valence-electron chi connectivity index (χ2n) is 5.54. The molecule has 3 aromatic rings.